The molecule has 3 atom stereocenters. The molecular weight excluding hydrogens is 405 g/mol. The highest BCUT2D eigenvalue weighted by molar-refractivity contribution is 6.03. The fourth-order valence-corrected chi connectivity index (χ4v) is 4.27. The summed E-state index contributed by atoms with van der Waals surface area (Å²) in [7, 11) is 0. The second-order valence-electron chi connectivity index (χ2n) is 8.46. The molecule has 1 N–H and O–H groups in total. The summed E-state index contributed by atoms with van der Waals surface area (Å²) < 4.78 is 40.8. The van der Waals surface area contributed by atoms with Gasteiger partial charge < -0.3 is 10.2 Å². The molecule has 166 valence electrons. The van der Waals surface area contributed by atoms with Crippen molar-refractivity contribution in [2.45, 2.75) is 38.8 Å². The Morgan fingerprint density at radius 3 is 2.19 bits per heavy atom. The summed E-state index contributed by atoms with van der Waals surface area (Å²) in [5.41, 5.74) is 0.559. The van der Waals surface area contributed by atoms with Crippen LogP contribution in [0.2, 0.25) is 0 Å². The number of rotatable bonds is 5. The van der Waals surface area contributed by atoms with Crippen molar-refractivity contribution in [1.29, 1.82) is 0 Å². The molecule has 2 aromatic carbocycles. The molecule has 0 spiro atoms. The third kappa shape index (κ3) is 5.87. The second-order valence-corrected chi connectivity index (χ2v) is 8.46. The number of benzene rings is 2. The number of hydrogen-bond acceptors (Lipinski definition) is 2. The van der Waals surface area contributed by atoms with Crippen LogP contribution in [0.4, 0.5) is 18.9 Å². The summed E-state index contributed by atoms with van der Waals surface area (Å²) >= 11 is 0. The van der Waals surface area contributed by atoms with Crippen molar-refractivity contribution in [3.05, 3.63) is 65.7 Å². The zero-order valence-corrected chi connectivity index (χ0v) is 17.7. The fourth-order valence-electron chi connectivity index (χ4n) is 4.27. The van der Waals surface area contributed by atoms with E-state index in [1.807, 2.05) is 0 Å². The molecule has 3 unspecified atom stereocenters. The molecule has 2 amide bonds. The van der Waals surface area contributed by atoms with Crippen LogP contribution in [0.25, 0.3) is 0 Å². The average molecular weight is 432 g/mol. The third-order valence-electron chi connectivity index (χ3n) is 5.57. The minimum Gasteiger partial charge on any atom is -0.338 e. The fraction of sp³-hybridized carbons (Fsp3) is 0.417. The standard InChI is InChI=1S/C24H27F3N2O2/c1-16-12-17(2)15-29(14-16)23(31)19-10-6-7-11-21(19)28-22(30)13-20(24(25,26)27)18-8-4-3-5-9-18/h3-11,16-17,20H,12-15H2,1-2H3,(H,28,30). The lowest BCUT2D eigenvalue weighted by Crippen LogP contribution is -2.42. The predicted molar refractivity (Wildman–Crippen MR) is 114 cm³/mol. The van der Waals surface area contributed by atoms with E-state index in [1.165, 1.54) is 24.3 Å². The van der Waals surface area contributed by atoms with E-state index in [2.05, 4.69) is 19.2 Å². The minimum atomic E-state index is -4.56. The first-order valence-electron chi connectivity index (χ1n) is 10.4. The smallest absolute Gasteiger partial charge is 0.338 e. The van der Waals surface area contributed by atoms with Gasteiger partial charge in [0.25, 0.3) is 5.91 Å². The van der Waals surface area contributed by atoms with E-state index in [0.717, 1.165) is 6.42 Å². The Morgan fingerprint density at radius 2 is 1.58 bits per heavy atom. The van der Waals surface area contributed by atoms with Crippen molar-refractivity contribution in [3.63, 3.8) is 0 Å². The lowest BCUT2D eigenvalue weighted by molar-refractivity contribution is -0.155. The van der Waals surface area contributed by atoms with Gasteiger partial charge in [-0.05, 0) is 36.0 Å². The van der Waals surface area contributed by atoms with Crippen LogP contribution in [0.1, 0.15) is 48.5 Å². The van der Waals surface area contributed by atoms with Crippen LogP contribution >= 0.6 is 0 Å². The molecule has 7 heteroatoms. The Bertz CT molecular complexity index is 905. The van der Waals surface area contributed by atoms with Gasteiger partial charge in [-0.1, -0.05) is 56.3 Å². The maximum Gasteiger partial charge on any atom is 0.396 e. The zero-order valence-electron chi connectivity index (χ0n) is 17.7. The third-order valence-corrected chi connectivity index (χ3v) is 5.57. The summed E-state index contributed by atoms with van der Waals surface area (Å²) in [6, 6.07) is 13.9. The molecule has 1 saturated heterocycles. The van der Waals surface area contributed by atoms with Gasteiger partial charge in [-0.3, -0.25) is 9.59 Å². The first-order chi connectivity index (χ1) is 14.6. The second kappa shape index (κ2) is 9.54. The molecule has 0 aliphatic carbocycles. The average Bonchev–Trinajstić information content (AvgIpc) is 2.71. The number of nitrogens with zero attached hydrogens (tertiary/aromatic N) is 1. The Hall–Kier alpha value is -2.83. The number of piperidine rings is 1. The van der Waals surface area contributed by atoms with Gasteiger partial charge in [0.1, 0.15) is 0 Å². The number of carbonyl (C=O) groups excluding carboxylic acids is 2. The van der Waals surface area contributed by atoms with E-state index < -0.39 is 24.4 Å². The van der Waals surface area contributed by atoms with Gasteiger partial charge in [0.05, 0.1) is 17.2 Å². The molecule has 0 saturated carbocycles. The molecule has 1 aliphatic heterocycles. The molecule has 1 aliphatic rings. The van der Waals surface area contributed by atoms with E-state index in [-0.39, 0.29) is 17.2 Å². The number of alkyl halides is 3. The first kappa shape index (κ1) is 22.8. The number of amides is 2. The molecule has 2 aromatic rings. The molecule has 31 heavy (non-hydrogen) atoms. The molecule has 1 heterocycles. The van der Waals surface area contributed by atoms with Crippen molar-refractivity contribution < 1.29 is 22.8 Å². The molecule has 0 radical (unpaired) electrons. The molecule has 4 nitrogen and oxygen atoms in total. The summed E-state index contributed by atoms with van der Waals surface area (Å²) in [6.45, 7) is 5.42. The van der Waals surface area contributed by atoms with Gasteiger partial charge >= 0.3 is 6.18 Å². The van der Waals surface area contributed by atoms with E-state index in [1.54, 1.807) is 35.2 Å². The maximum absolute atomic E-state index is 13.6. The highest BCUT2D eigenvalue weighted by Gasteiger charge is 2.42. The van der Waals surface area contributed by atoms with Crippen molar-refractivity contribution in [1.82, 2.24) is 4.90 Å². The number of para-hydroxylation sites is 1. The number of hydrogen-bond donors (Lipinski definition) is 1. The van der Waals surface area contributed by atoms with Gasteiger partial charge in [0, 0.05) is 19.5 Å². The number of nitrogens with one attached hydrogen (secondary N) is 1. The van der Waals surface area contributed by atoms with Crippen LogP contribution in [-0.4, -0.2) is 36.0 Å². The van der Waals surface area contributed by atoms with Crippen LogP contribution < -0.4 is 5.32 Å². The SMILES string of the molecule is CC1CC(C)CN(C(=O)c2ccccc2NC(=O)CC(c2ccccc2)C(F)(F)F)C1. The monoisotopic (exact) mass is 432 g/mol. The van der Waals surface area contributed by atoms with Gasteiger partial charge in [-0.25, -0.2) is 0 Å². The van der Waals surface area contributed by atoms with Crippen LogP contribution in [0.5, 0.6) is 0 Å². The van der Waals surface area contributed by atoms with Crippen LogP contribution in [-0.2, 0) is 4.79 Å². The maximum atomic E-state index is 13.6. The summed E-state index contributed by atoms with van der Waals surface area (Å²) in [5.74, 6) is -2.18. The van der Waals surface area contributed by atoms with Crippen molar-refractivity contribution in [2.75, 3.05) is 18.4 Å². The van der Waals surface area contributed by atoms with Gasteiger partial charge in [0.2, 0.25) is 5.91 Å². The predicted octanol–water partition coefficient (Wildman–Crippen LogP) is 5.48. The van der Waals surface area contributed by atoms with Gasteiger partial charge in [-0.2, -0.15) is 13.2 Å². The van der Waals surface area contributed by atoms with E-state index in [4.69, 9.17) is 0 Å². The highest BCUT2D eigenvalue weighted by Crippen LogP contribution is 2.37. The van der Waals surface area contributed by atoms with Crippen molar-refractivity contribution >= 4 is 17.5 Å². The molecule has 0 bridgehead atoms. The Kier molecular flexibility index (Phi) is 7.03. The number of anilines is 1. The lowest BCUT2D eigenvalue weighted by atomic mass is 9.91. The molecule has 3 rings (SSSR count). The lowest BCUT2D eigenvalue weighted by Gasteiger charge is -2.35. The highest BCUT2D eigenvalue weighted by atomic mass is 19.4. The van der Waals surface area contributed by atoms with E-state index >= 15 is 0 Å². The van der Waals surface area contributed by atoms with Crippen LogP contribution in [0.15, 0.2) is 54.6 Å². The van der Waals surface area contributed by atoms with E-state index in [9.17, 15) is 22.8 Å². The number of likely N-dealkylation sites (tertiary alicyclic amines) is 1. The van der Waals surface area contributed by atoms with Gasteiger partial charge in [-0.15, -0.1) is 0 Å². The summed E-state index contributed by atoms with van der Waals surface area (Å²) in [6.07, 6.45) is -4.28. The zero-order chi connectivity index (χ0) is 22.6. The molecule has 0 aromatic heterocycles. The molecular formula is C24H27F3N2O2. The van der Waals surface area contributed by atoms with Crippen molar-refractivity contribution in [3.8, 4) is 0 Å². The summed E-state index contributed by atoms with van der Waals surface area (Å²) in [4.78, 5) is 27.4. The minimum absolute atomic E-state index is 0.0332. The van der Waals surface area contributed by atoms with E-state index in [0.29, 0.717) is 30.5 Å². The Labute approximate surface area is 180 Å². The Balaban J connectivity index is 1.77. The summed E-state index contributed by atoms with van der Waals surface area (Å²) in [5, 5.41) is 2.54. The number of carbonyl (C=O) groups is 2. The van der Waals surface area contributed by atoms with Gasteiger partial charge in [0.15, 0.2) is 0 Å². The first-order valence-corrected chi connectivity index (χ1v) is 10.4. The van der Waals surface area contributed by atoms with Crippen LogP contribution in [0, 0.1) is 11.8 Å². The quantitative estimate of drug-likeness (QED) is 0.680. The molecule has 1 fully saturated rings. The van der Waals surface area contributed by atoms with Crippen LogP contribution in [0.3, 0.4) is 0 Å². The largest absolute Gasteiger partial charge is 0.396 e. The topological polar surface area (TPSA) is 49.4 Å². The number of halogens is 3. The van der Waals surface area contributed by atoms with Crippen molar-refractivity contribution in [2.24, 2.45) is 11.8 Å². The normalized spacial score (nSPS) is 20.2. The Morgan fingerprint density at radius 1 is 1.00 bits per heavy atom.